The molecule has 18 heavy (non-hydrogen) atoms. The molecule has 1 aliphatic heterocycles. The van der Waals surface area contributed by atoms with E-state index in [9.17, 15) is 5.11 Å². The van der Waals surface area contributed by atoms with Gasteiger partial charge in [-0.3, -0.25) is 0 Å². The summed E-state index contributed by atoms with van der Waals surface area (Å²) in [6.45, 7) is 1.74. The standard InChI is InChI=1S/C14H21N3O/c18-11-5-4-8-17(9-11)14-12-6-2-1-3-7-13(12)15-10-16-14/h10-11,18H,1-9H2/t11-/m0/s1. The Labute approximate surface area is 108 Å². The van der Waals surface area contributed by atoms with Crippen molar-refractivity contribution < 1.29 is 5.11 Å². The third-order valence-corrected chi connectivity index (χ3v) is 4.05. The minimum absolute atomic E-state index is 0.199. The number of aliphatic hydroxyl groups is 1. The molecule has 1 aromatic rings. The zero-order chi connectivity index (χ0) is 12.4. The summed E-state index contributed by atoms with van der Waals surface area (Å²) in [5, 5.41) is 9.82. The molecule has 0 spiro atoms. The van der Waals surface area contributed by atoms with E-state index in [0.29, 0.717) is 0 Å². The second kappa shape index (κ2) is 5.22. The van der Waals surface area contributed by atoms with Crippen LogP contribution in [0.25, 0.3) is 0 Å². The van der Waals surface area contributed by atoms with Gasteiger partial charge in [0.2, 0.25) is 0 Å². The molecule has 2 heterocycles. The number of anilines is 1. The molecule has 3 rings (SSSR count). The summed E-state index contributed by atoms with van der Waals surface area (Å²) in [6.07, 6.45) is 9.42. The summed E-state index contributed by atoms with van der Waals surface area (Å²) in [5.74, 6) is 1.08. The molecule has 1 N–H and O–H groups in total. The van der Waals surface area contributed by atoms with Crippen molar-refractivity contribution in [2.75, 3.05) is 18.0 Å². The normalized spacial score (nSPS) is 24.5. The van der Waals surface area contributed by atoms with E-state index >= 15 is 0 Å². The highest BCUT2D eigenvalue weighted by Gasteiger charge is 2.23. The summed E-state index contributed by atoms with van der Waals surface area (Å²) < 4.78 is 0. The second-order valence-electron chi connectivity index (χ2n) is 5.43. The van der Waals surface area contributed by atoms with Crippen LogP contribution in [-0.4, -0.2) is 34.3 Å². The number of aromatic nitrogens is 2. The Morgan fingerprint density at radius 2 is 2.00 bits per heavy atom. The highest BCUT2D eigenvalue weighted by atomic mass is 16.3. The number of hydrogen-bond donors (Lipinski definition) is 1. The van der Waals surface area contributed by atoms with Crippen molar-refractivity contribution in [3.05, 3.63) is 17.6 Å². The van der Waals surface area contributed by atoms with Crippen LogP contribution >= 0.6 is 0 Å². The SMILES string of the molecule is O[C@H]1CCCN(c2ncnc3c2CCCCC3)C1. The highest BCUT2D eigenvalue weighted by molar-refractivity contribution is 5.49. The Kier molecular flexibility index (Phi) is 3.46. The molecule has 98 valence electrons. The first-order chi connectivity index (χ1) is 8.84. The Morgan fingerprint density at radius 1 is 1.11 bits per heavy atom. The Balaban J connectivity index is 1.91. The molecule has 1 aromatic heterocycles. The molecule has 2 aliphatic rings. The lowest BCUT2D eigenvalue weighted by atomic mass is 10.1. The number of hydrogen-bond acceptors (Lipinski definition) is 4. The van der Waals surface area contributed by atoms with Crippen molar-refractivity contribution in [2.24, 2.45) is 0 Å². The number of β-amino-alcohol motifs (C(OH)–C–C–N with tert-alkyl or cyclic N) is 1. The number of aryl methyl sites for hydroxylation is 1. The van der Waals surface area contributed by atoms with Crippen molar-refractivity contribution in [2.45, 2.75) is 51.0 Å². The first-order valence-electron chi connectivity index (χ1n) is 7.10. The van der Waals surface area contributed by atoms with Crippen LogP contribution in [0.5, 0.6) is 0 Å². The summed E-state index contributed by atoms with van der Waals surface area (Å²) in [5.41, 5.74) is 2.57. The summed E-state index contributed by atoms with van der Waals surface area (Å²) in [4.78, 5) is 11.2. The third-order valence-electron chi connectivity index (χ3n) is 4.05. The van der Waals surface area contributed by atoms with E-state index in [-0.39, 0.29) is 6.10 Å². The van der Waals surface area contributed by atoms with E-state index < -0.39 is 0 Å². The van der Waals surface area contributed by atoms with Crippen LogP contribution in [0.3, 0.4) is 0 Å². The van der Waals surface area contributed by atoms with Gasteiger partial charge < -0.3 is 10.0 Å². The fraction of sp³-hybridized carbons (Fsp3) is 0.714. The maximum atomic E-state index is 9.82. The zero-order valence-corrected chi connectivity index (χ0v) is 10.8. The molecule has 1 saturated heterocycles. The van der Waals surface area contributed by atoms with Crippen LogP contribution < -0.4 is 4.90 Å². The van der Waals surface area contributed by atoms with Gasteiger partial charge in [-0.1, -0.05) is 6.42 Å². The lowest BCUT2D eigenvalue weighted by Crippen LogP contribution is -2.39. The van der Waals surface area contributed by atoms with Crippen molar-refractivity contribution in [3.63, 3.8) is 0 Å². The van der Waals surface area contributed by atoms with Gasteiger partial charge in [0, 0.05) is 24.3 Å². The molecule has 4 nitrogen and oxygen atoms in total. The van der Waals surface area contributed by atoms with E-state index in [1.807, 2.05) is 0 Å². The fourth-order valence-electron chi connectivity index (χ4n) is 3.10. The van der Waals surface area contributed by atoms with Crippen LogP contribution in [0.4, 0.5) is 5.82 Å². The van der Waals surface area contributed by atoms with Crippen molar-refractivity contribution in [1.82, 2.24) is 9.97 Å². The first kappa shape index (κ1) is 11.9. The molecule has 1 aliphatic carbocycles. The van der Waals surface area contributed by atoms with Gasteiger partial charge >= 0.3 is 0 Å². The van der Waals surface area contributed by atoms with Crippen LogP contribution in [0.1, 0.15) is 43.4 Å². The monoisotopic (exact) mass is 247 g/mol. The van der Waals surface area contributed by atoms with Gasteiger partial charge in [-0.25, -0.2) is 9.97 Å². The van der Waals surface area contributed by atoms with Gasteiger partial charge in [0.1, 0.15) is 12.1 Å². The van der Waals surface area contributed by atoms with Gasteiger partial charge in [0.15, 0.2) is 0 Å². The molecule has 0 unspecified atom stereocenters. The van der Waals surface area contributed by atoms with E-state index in [1.54, 1.807) is 6.33 Å². The maximum Gasteiger partial charge on any atom is 0.135 e. The van der Waals surface area contributed by atoms with E-state index in [2.05, 4.69) is 14.9 Å². The molecular weight excluding hydrogens is 226 g/mol. The molecule has 0 amide bonds. The summed E-state index contributed by atoms with van der Waals surface area (Å²) >= 11 is 0. The Morgan fingerprint density at radius 3 is 2.89 bits per heavy atom. The number of nitrogens with zero attached hydrogens (tertiary/aromatic N) is 3. The lowest BCUT2D eigenvalue weighted by Gasteiger charge is -2.32. The van der Waals surface area contributed by atoms with Crippen LogP contribution in [0.15, 0.2) is 6.33 Å². The molecule has 0 saturated carbocycles. The van der Waals surface area contributed by atoms with E-state index in [1.165, 1.54) is 30.5 Å². The maximum absolute atomic E-state index is 9.82. The van der Waals surface area contributed by atoms with E-state index in [0.717, 1.165) is 44.6 Å². The van der Waals surface area contributed by atoms with Crippen molar-refractivity contribution >= 4 is 5.82 Å². The van der Waals surface area contributed by atoms with E-state index in [4.69, 9.17) is 0 Å². The molecule has 0 radical (unpaired) electrons. The number of fused-ring (bicyclic) bond motifs is 1. The van der Waals surface area contributed by atoms with Crippen molar-refractivity contribution in [3.8, 4) is 0 Å². The number of aliphatic hydroxyl groups excluding tert-OH is 1. The average Bonchev–Trinajstić information content (AvgIpc) is 2.63. The minimum atomic E-state index is -0.199. The van der Waals surface area contributed by atoms with Crippen LogP contribution in [-0.2, 0) is 12.8 Å². The van der Waals surface area contributed by atoms with Gasteiger partial charge in [-0.05, 0) is 38.5 Å². The molecule has 4 heteroatoms. The van der Waals surface area contributed by atoms with Gasteiger partial charge in [0.05, 0.1) is 6.10 Å². The van der Waals surface area contributed by atoms with Crippen molar-refractivity contribution in [1.29, 1.82) is 0 Å². The average molecular weight is 247 g/mol. The molecule has 0 bridgehead atoms. The third kappa shape index (κ3) is 2.34. The Bertz CT molecular complexity index is 422. The Hall–Kier alpha value is -1.16. The fourth-order valence-corrected chi connectivity index (χ4v) is 3.10. The molecule has 1 atom stereocenters. The summed E-state index contributed by atoms with van der Waals surface area (Å²) in [6, 6.07) is 0. The number of rotatable bonds is 1. The molecule has 1 fully saturated rings. The largest absolute Gasteiger partial charge is 0.391 e. The highest BCUT2D eigenvalue weighted by Crippen LogP contribution is 2.28. The topological polar surface area (TPSA) is 49.2 Å². The molecule has 0 aromatic carbocycles. The molecular formula is C14H21N3O. The van der Waals surface area contributed by atoms with Gasteiger partial charge in [-0.2, -0.15) is 0 Å². The van der Waals surface area contributed by atoms with Crippen LogP contribution in [0, 0.1) is 0 Å². The summed E-state index contributed by atoms with van der Waals surface area (Å²) in [7, 11) is 0. The predicted octanol–water partition coefficient (Wildman–Crippen LogP) is 1.71. The first-order valence-corrected chi connectivity index (χ1v) is 7.10. The van der Waals surface area contributed by atoms with Gasteiger partial charge in [0.25, 0.3) is 0 Å². The predicted molar refractivity (Wildman–Crippen MR) is 70.7 cm³/mol. The smallest absolute Gasteiger partial charge is 0.135 e. The zero-order valence-electron chi connectivity index (χ0n) is 10.8. The lowest BCUT2D eigenvalue weighted by molar-refractivity contribution is 0.153. The van der Waals surface area contributed by atoms with Crippen LogP contribution in [0.2, 0.25) is 0 Å². The number of piperidine rings is 1. The quantitative estimate of drug-likeness (QED) is 0.767. The second-order valence-corrected chi connectivity index (χ2v) is 5.43. The minimum Gasteiger partial charge on any atom is -0.391 e. The van der Waals surface area contributed by atoms with Gasteiger partial charge in [-0.15, -0.1) is 0 Å².